The summed E-state index contributed by atoms with van der Waals surface area (Å²) < 4.78 is 0. The highest BCUT2D eigenvalue weighted by Crippen LogP contribution is 2.22. The fourth-order valence-corrected chi connectivity index (χ4v) is 3.03. The van der Waals surface area contributed by atoms with E-state index < -0.39 is 0 Å². The predicted molar refractivity (Wildman–Crippen MR) is 85.9 cm³/mol. The number of nitrogens with two attached hydrogens (primary N) is 1. The van der Waals surface area contributed by atoms with Crippen LogP contribution in [0.5, 0.6) is 0 Å². The van der Waals surface area contributed by atoms with E-state index in [1.165, 1.54) is 19.4 Å². The lowest BCUT2D eigenvalue weighted by Gasteiger charge is -2.36. The van der Waals surface area contributed by atoms with Crippen molar-refractivity contribution in [2.75, 3.05) is 27.2 Å². The number of likely N-dealkylation sites (N-methyl/N-ethyl adjacent to an activating group) is 2. The number of oxime groups is 1. The molecule has 1 aromatic carbocycles. The van der Waals surface area contributed by atoms with Crippen LogP contribution in [0.1, 0.15) is 24.0 Å². The molecule has 1 heterocycles. The molecule has 0 spiro atoms. The highest BCUT2D eigenvalue weighted by atomic mass is 35.5. The summed E-state index contributed by atoms with van der Waals surface area (Å²) in [6.45, 7) is 3.07. The Morgan fingerprint density at radius 1 is 1.57 bits per heavy atom. The molecule has 0 saturated carbocycles. The van der Waals surface area contributed by atoms with Gasteiger partial charge >= 0.3 is 0 Å². The summed E-state index contributed by atoms with van der Waals surface area (Å²) >= 11 is 6.31. The average molecular weight is 311 g/mol. The molecule has 1 aromatic rings. The first kappa shape index (κ1) is 16.1. The molecule has 1 saturated heterocycles. The number of rotatable bonds is 4. The van der Waals surface area contributed by atoms with E-state index in [2.05, 4.69) is 29.1 Å². The maximum Gasteiger partial charge on any atom is 0.170 e. The third-order valence-corrected chi connectivity index (χ3v) is 4.45. The van der Waals surface area contributed by atoms with Crippen LogP contribution < -0.4 is 5.73 Å². The van der Waals surface area contributed by atoms with Crippen LogP contribution >= 0.6 is 11.6 Å². The van der Waals surface area contributed by atoms with Crippen molar-refractivity contribution in [3.05, 3.63) is 34.3 Å². The minimum Gasteiger partial charge on any atom is -0.409 e. The van der Waals surface area contributed by atoms with Crippen molar-refractivity contribution in [1.82, 2.24) is 9.80 Å². The van der Waals surface area contributed by atoms with Crippen LogP contribution in [-0.4, -0.2) is 54.1 Å². The van der Waals surface area contributed by atoms with Crippen LogP contribution in [0.15, 0.2) is 23.4 Å². The summed E-state index contributed by atoms with van der Waals surface area (Å²) in [5.74, 6) is 0.0747. The lowest BCUT2D eigenvalue weighted by atomic mass is 10.0. The molecular weight excluding hydrogens is 288 g/mol. The van der Waals surface area contributed by atoms with Crippen LogP contribution in [0.25, 0.3) is 0 Å². The summed E-state index contributed by atoms with van der Waals surface area (Å²) in [5, 5.41) is 12.3. The normalized spacial score (nSPS) is 21.0. The fraction of sp³-hybridized carbons (Fsp3) is 0.533. The number of halogens is 1. The molecule has 1 aliphatic rings. The van der Waals surface area contributed by atoms with Crippen molar-refractivity contribution in [1.29, 1.82) is 0 Å². The van der Waals surface area contributed by atoms with Crippen molar-refractivity contribution in [3.63, 3.8) is 0 Å². The first-order chi connectivity index (χ1) is 10.0. The molecule has 0 bridgehead atoms. The first-order valence-electron chi connectivity index (χ1n) is 7.16. The molecular formula is C15H23ClN4O. The van der Waals surface area contributed by atoms with E-state index in [0.29, 0.717) is 16.6 Å². The Hall–Kier alpha value is -1.30. The molecule has 0 amide bonds. The number of benzene rings is 1. The summed E-state index contributed by atoms with van der Waals surface area (Å²) in [6.07, 6.45) is 2.46. The zero-order chi connectivity index (χ0) is 15.4. The second-order valence-electron chi connectivity index (χ2n) is 5.76. The Morgan fingerprint density at radius 3 is 2.95 bits per heavy atom. The summed E-state index contributed by atoms with van der Waals surface area (Å²) in [4.78, 5) is 4.72. The van der Waals surface area contributed by atoms with E-state index in [9.17, 15) is 0 Å². The number of nitrogens with zero attached hydrogens (tertiary/aromatic N) is 3. The van der Waals surface area contributed by atoms with Gasteiger partial charge in [-0.25, -0.2) is 0 Å². The number of likely N-dealkylation sites (tertiary alicyclic amines) is 1. The number of amidine groups is 1. The van der Waals surface area contributed by atoms with Gasteiger partial charge in [0.2, 0.25) is 0 Å². The topological polar surface area (TPSA) is 65.1 Å². The summed E-state index contributed by atoms with van der Waals surface area (Å²) in [7, 11) is 4.30. The predicted octanol–water partition coefficient (Wildman–Crippen LogP) is 1.96. The Balaban J connectivity index is 2.05. The van der Waals surface area contributed by atoms with E-state index in [1.807, 2.05) is 12.1 Å². The van der Waals surface area contributed by atoms with Crippen LogP contribution in [0.2, 0.25) is 5.02 Å². The highest BCUT2D eigenvalue weighted by molar-refractivity contribution is 6.31. The lowest BCUT2D eigenvalue weighted by molar-refractivity contribution is 0.129. The molecule has 1 atom stereocenters. The maximum atomic E-state index is 8.70. The zero-order valence-corrected chi connectivity index (χ0v) is 13.3. The largest absolute Gasteiger partial charge is 0.409 e. The number of hydrogen-bond donors (Lipinski definition) is 2. The standard InChI is InChI=1S/C15H23ClN4O/c1-19-7-3-4-13(10-19)20(2)9-12-6-5-11(8-14(12)16)15(17)18-21/h5-6,8,13,21H,3-4,7,9-10H2,1-2H3,(H2,17,18). The van der Waals surface area contributed by atoms with Gasteiger partial charge in [0.15, 0.2) is 5.84 Å². The summed E-state index contributed by atoms with van der Waals surface area (Å²) in [5.41, 5.74) is 7.26. The van der Waals surface area contributed by atoms with Crippen LogP contribution in [0.4, 0.5) is 0 Å². The minimum atomic E-state index is 0.0747. The van der Waals surface area contributed by atoms with Gasteiger partial charge in [-0.15, -0.1) is 0 Å². The van der Waals surface area contributed by atoms with Gasteiger partial charge in [-0.2, -0.15) is 0 Å². The third kappa shape index (κ3) is 4.09. The third-order valence-electron chi connectivity index (χ3n) is 4.10. The molecule has 2 rings (SSSR count). The van der Waals surface area contributed by atoms with E-state index in [0.717, 1.165) is 18.7 Å². The van der Waals surface area contributed by atoms with Crippen molar-refractivity contribution in [3.8, 4) is 0 Å². The fourth-order valence-electron chi connectivity index (χ4n) is 2.79. The van der Waals surface area contributed by atoms with Crippen LogP contribution in [0.3, 0.4) is 0 Å². The smallest absolute Gasteiger partial charge is 0.170 e. The number of piperidine rings is 1. The quantitative estimate of drug-likeness (QED) is 0.386. The molecule has 0 aromatic heterocycles. The van der Waals surface area contributed by atoms with E-state index >= 15 is 0 Å². The molecule has 0 aliphatic carbocycles. The van der Waals surface area contributed by atoms with E-state index in [1.54, 1.807) is 6.07 Å². The van der Waals surface area contributed by atoms with E-state index in [-0.39, 0.29) is 5.84 Å². The monoisotopic (exact) mass is 310 g/mol. The second kappa shape index (κ2) is 7.11. The van der Waals surface area contributed by atoms with Crippen molar-refractivity contribution in [2.24, 2.45) is 10.9 Å². The Kier molecular flexibility index (Phi) is 5.45. The average Bonchev–Trinajstić information content (AvgIpc) is 2.48. The molecule has 5 nitrogen and oxygen atoms in total. The molecule has 1 unspecified atom stereocenters. The van der Waals surface area contributed by atoms with Gasteiger partial charge in [0, 0.05) is 29.7 Å². The molecule has 1 aliphatic heterocycles. The summed E-state index contributed by atoms with van der Waals surface area (Å²) in [6, 6.07) is 6.08. The van der Waals surface area contributed by atoms with Crippen molar-refractivity contribution >= 4 is 17.4 Å². The Bertz CT molecular complexity index is 520. The second-order valence-corrected chi connectivity index (χ2v) is 6.17. The van der Waals surface area contributed by atoms with Crippen LogP contribution in [0, 0.1) is 0 Å². The highest BCUT2D eigenvalue weighted by Gasteiger charge is 2.21. The maximum absolute atomic E-state index is 8.70. The molecule has 116 valence electrons. The van der Waals surface area contributed by atoms with Gasteiger partial charge in [-0.3, -0.25) is 4.90 Å². The van der Waals surface area contributed by atoms with Gasteiger partial charge in [-0.05, 0) is 45.1 Å². The van der Waals surface area contributed by atoms with Gasteiger partial charge in [0.25, 0.3) is 0 Å². The first-order valence-corrected chi connectivity index (χ1v) is 7.54. The van der Waals surface area contributed by atoms with Gasteiger partial charge in [-0.1, -0.05) is 28.9 Å². The molecule has 3 N–H and O–H groups in total. The Labute approximate surface area is 131 Å². The Morgan fingerprint density at radius 2 is 2.33 bits per heavy atom. The zero-order valence-electron chi connectivity index (χ0n) is 12.6. The molecule has 6 heteroatoms. The van der Waals surface area contributed by atoms with E-state index in [4.69, 9.17) is 22.5 Å². The van der Waals surface area contributed by atoms with Gasteiger partial charge < -0.3 is 15.8 Å². The lowest BCUT2D eigenvalue weighted by Crippen LogP contribution is -2.44. The van der Waals surface area contributed by atoms with Gasteiger partial charge in [0.05, 0.1) is 0 Å². The number of hydrogen-bond acceptors (Lipinski definition) is 4. The van der Waals surface area contributed by atoms with Crippen molar-refractivity contribution in [2.45, 2.75) is 25.4 Å². The molecule has 21 heavy (non-hydrogen) atoms. The SMILES string of the molecule is CN1CCCC(N(C)Cc2ccc(/C(N)=N/O)cc2Cl)C1. The van der Waals surface area contributed by atoms with Crippen molar-refractivity contribution < 1.29 is 5.21 Å². The molecule has 0 radical (unpaired) electrons. The van der Waals surface area contributed by atoms with Crippen LogP contribution in [-0.2, 0) is 6.54 Å². The minimum absolute atomic E-state index is 0.0747. The molecule has 1 fully saturated rings. The van der Waals surface area contributed by atoms with Gasteiger partial charge in [0.1, 0.15) is 0 Å².